The molecule has 1 aliphatic carbocycles. The van der Waals surface area contributed by atoms with Gasteiger partial charge in [-0.2, -0.15) is 0 Å². The van der Waals surface area contributed by atoms with Crippen molar-refractivity contribution in [3.05, 3.63) is 11.6 Å². The summed E-state index contributed by atoms with van der Waals surface area (Å²) in [4.78, 5) is 21.7. The highest BCUT2D eigenvalue weighted by atomic mass is 16.4. The quantitative estimate of drug-likeness (QED) is 0.702. The molecule has 0 spiro atoms. The molecule has 2 N–H and O–H groups in total. The Balaban J connectivity index is 2.32. The molecule has 0 aliphatic heterocycles. The first kappa shape index (κ1) is 12.7. The molecule has 0 saturated carbocycles. The molecule has 1 aliphatic rings. The number of carbonyl (C=O) groups is 2. The van der Waals surface area contributed by atoms with Gasteiger partial charge in [0.1, 0.15) is 0 Å². The average molecular weight is 225 g/mol. The van der Waals surface area contributed by atoms with Crippen molar-refractivity contribution in [3.8, 4) is 0 Å². The van der Waals surface area contributed by atoms with E-state index in [1.165, 1.54) is 18.4 Å². The van der Waals surface area contributed by atoms with Crippen molar-refractivity contribution in [1.29, 1.82) is 0 Å². The van der Waals surface area contributed by atoms with Crippen LogP contribution in [0.1, 0.15) is 45.4 Å². The van der Waals surface area contributed by atoms with Gasteiger partial charge in [-0.25, -0.2) is 0 Å². The first-order valence-corrected chi connectivity index (χ1v) is 5.79. The lowest BCUT2D eigenvalue weighted by Gasteiger charge is -2.20. The van der Waals surface area contributed by atoms with E-state index in [0.717, 1.165) is 12.8 Å². The van der Waals surface area contributed by atoms with Gasteiger partial charge in [0, 0.05) is 12.5 Å². The van der Waals surface area contributed by atoms with Gasteiger partial charge in [0.15, 0.2) is 0 Å². The Hall–Kier alpha value is -1.32. The molecule has 0 saturated heterocycles. The maximum atomic E-state index is 11.4. The van der Waals surface area contributed by atoms with Crippen molar-refractivity contribution in [2.75, 3.05) is 0 Å². The molecule has 0 aromatic carbocycles. The molecule has 4 nitrogen and oxygen atoms in total. The number of carboxylic acids is 1. The van der Waals surface area contributed by atoms with Crippen LogP contribution in [0.5, 0.6) is 0 Å². The summed E-state index contributed by atoms with van der Waals surface area (Å²) in [6.07, 6.45) is 6.69. The molecule has 1 atom stereocenters. The van der Waals surface area contributed by atoms with Crippen molar-refractivity contribution in [2.45, 2.75) is 51.5 Å². The molecular weight excluding hydrogens is 206 g/mol. The molecule has 90 valence electrons. The van der Waals surface area contributed by atoms with Crippen LogP contribution < -0.4 is 5.32 Å². The number of carboxylic acid groups (broad SMARTS) is 1. The summed E-state index contributed by atoms with van der Waals surface area (Å²) in [6, 6.07) is 0.0431. The van der Waals surface area contributed by atoms with Crippen molar-refractivity contribution < 1.29 is 14.7 Å². The van der Waals surface area contributed by atoms with Crippen molar-refractivity contribution in [2.24, 2.45) is 0 Å². The monoisotopic (exact) mass is 225 g/mol. The Kier molecular flexibility index (Phi) is 5.02. The van der Waals surface area contributed by atoms with E-state index in [2.05, 4.69) is 11.4 Å². The molecule has 4 heteroatoms. The van der Waals surface area contributed by atoms with Crippen LogP contribution in [0.2, 0.25) is 0 Å². The number of amides is 1. The summed E-state index contributed by atoms with van der Waals surface area (Å²) in [5.74, 6) is -1.11. The molecule has 0 heterocycles. The minimum Gasteiger partial charge on any atom is -0.481 e. The Morgan fingerprint density at radius 2 is 2.19 bits per heavy atom. The van der Waals surface area contributed by atoms with Crippen molar-refractivity contribution in [3.63, 3.8) is 0 Å². The molecule has 0 unspecified atom stereocenters. The van der Waals surface area contributed by atoms with E-state index >= 15 is 0 Å². The lowest BCUT2D eigenvalue weighted by atomic mass is 9.94. The van der Waals surface area contributed by atoms with Crippen LogP contribution in [-0.4, -0.2) is 23.0 Å². The first-order valence-electron chi connectivity index (χ1n) is 5.79. The van der Waals surface area contributed by atoms with Gasteiger partial charge in [0.25, 0.3) is 0 Å². The fourth-order valence-corrected chi connectivity index (χ4v) is 1.88. The summed E-state index contributed by atoms with van der Waals surface area (Å²) in [5.41, 5.74) is 1.27. The lowest BCUT2D eigenvalue weighted by molar-refractivity contribution is -0.138. The van der Waals surface area contributed by atoms with Crippen molar-refractivity contribution in [1.82, 2.24) is 5.32 Å². The number of rotatable bonds is 5. The third-order valence-electron chi connectivity index (χ3n) is 2.83. The van der Waals surface area contributed by atoms with Crippen LogP contribution in [0.25, 0.3) is 0 Å². The van der Waals surface area contributed by atoms with Crippen LogP contribution in [0, 0.1) is 0 Å². The van der Waals surface area contributed by atoms with E-state index in [-0.39, 0.29) is 24.8 Å². The van der Waals surface area contributed by atoms with Gasteiger partial charge < -0.3 is 10.4 Å². The summed E-state index contributed by atoms with van der Waals surface area (Å²) < 4.78 is 0. The van der Waals surface area contributed by atoms with Gasteiger partial charge in [-0.3, -0.25) is 9.59 Å². The Morgan fingerprint density at radius 3 is 2.75 bits per heavy atom. The topological polar surface area (TPSA) is 66.4 Å². The summed E-state index contributed by atoms with van der Waals surface area (Å²) in [7, 11) is 0. The highest BCUT2D eigenvalue weighted by Crippen LogP contribution is 2.20. The highest BCUT2D eigenvalue weighted by molar-refractivity contribution is 5.81. The van der Waals surface area contributed by atoms with Crippen LogP contribution in [0.15, 0.2) is 11.6 Å². The first-order chi connectivity index (χ1) is 7.59. The molecule has 0 aromatic heterocycles. The number of hydrogen-bond donors (Lipinski definition) is 2. The van der Waals surface area contributed by atoms with Gasteiger partial charge in [0.2, 0.25) is 5.91 Å². The maximum Gasteiger partial charge on any atom is 0.303 e. The van der Waals surface area contributed by atoms with Crippen LogP contribution in [0.4, 0.5) is 0 Å². The zero-order valence-corrected chi connectivity index (χ0v) is 9.66. The number of hydrogen-bond acceptors (Lipinski definition) is 2. The van der Waals surface area contributed by atoms with Gasteiger partial charge >= 0.3 is 5.97 Å². The predicted octanol–water partition coefficient (Wildman–Crippen LogP) is 1.86. The van der Waals surface area contributed by atoms with Crippen molar-refractivity contribution >= 4 is 11.9 Å². The number of nitrogens with one attached hydrogen (secondary N) is 1. The average Bonchev–Trinajstić information content (AvgIpc) is 2.27. The number of aliphatic carboxylic acids is 1. The Bertz CT molecular complexity index is 297. The van der Waals surface area contributed by atoms with E-state index < -0.39 is 5.97 Å². The van der Waals surface area contributed by atoms with Crippen LogP contribution in [-0.2, 0) is 9.59 Å². The van der Waals surface area contributed by atoms with Gasteiger partial charge in [-0.15, -0.1) is 0 Å². The third-order valence-corrected chi connectivity index (χ3v) is 2.83. The largest absolute Gasteiger partial charge is 0.481 e. The van der Waals surface area contributed by atoms with E-state index in [1.54, 1.807) is 0 Å². The Morgan fingerprint density at radius 1 is 1.44 bits per heavy atom. The van der Waals surface area contributed by atoms with Gasteiger partial charge in [0.05, 0.1) is 6.42 Å². The number of allylic oxidation sites excluding steroid dienone is 1. The van der Waals surface area contributed by atoms with Crippen LogP contribution in [0.3, 0.4) is 0 Å². The minimum atomic E-state index is -0.931. The summed E-state index contributed by atoms with van der Waals surface area (Å²) in [5, 5.41) is 11.3. The molecule has 16 heavy (non-hydrogen) atoms. The third kappa shape index (κ3) is 4.47. The van der Waals surface area contributed by atoms with Gasteiger partial charge in [-0.05, 0) is 32.6 Å². The smallest absolute Gasteiger partial charge is 0.303 e. The second-order valence-electron chi connectivity index (χ2n) is 4.21. The fraction of sp³-hybridized carbons (Fsp3) is 0.667. The minimum absolute atomic E-state index is 0.0431. The second kappa shape index (κ2) is 6.30. The standard InChI is InChI=1S/C12H19NO3/c1-9(10-5-3-2-4-6-10)13-11(14)7-8-12(15)16/h5,9H,2-4,6-8H2,1H3,(H,13,14)(H,15,16)/t9-/m1/s1. The Labute approximate surface area is 95.7 Å². The lowest BCUT2D eigenvalue weighted by Crippen LogP contribution is -2.34. The number of carbonyl (C=O) groups excluding carboxylic acids is 1. The summed E-state index contributed by atoms with van der Waals surface area (Å²) in [6.45, 7) is 1.95. The highest BCUT2D eigenvalue weighted by Gasteiger charge is 2.14. The molecule has 1 amide bonds. The van der Waals surface area contributed by atoms with Gasteiger partial charge in [-0.1, -0.05) is 11.6 Å². The zero-order valence-electron chi connectivity index (χ0n) is 9.66. The van der Waals surface area contributed by atoms with E-state index in [4.69, 9.17) is 5.11 Å². The molecule has 0 aromatic rings. The van der Waals surface area contributed by atoms with E-state index in [9.17, 15) is 9.59 Å². The van der Waals surface area contributed by atoms with E-state index in [1.807, 2.05) is 6.92 Å². The van der Waals surface area contributed by atoms with Crippen LogP contribution >= 0.6 is 0 Å². The molecule has 0 radical (unpaired) electrons. The molecular formula is C12H19NO3. The predicted molar refractivity (Wildman–Crippen MR) is 61.0 cm³/mol. The fourth-order valence-electron chi connectivity index (χ4n) is 1.88. The second-order valence-corrected chi connectivity index (χ2v) is 4.21. The molecule has 1 rings (SSSR count). The van der Waals surface area contributed by atoms with E-state index in [0.29, 0.717) is 0 Å². The maximum absolute atomic E-state index is 11.4. The normalized spacial score (nSPS) is 17.4. The molecule has 0 bridgehead atoms. The summed E-state index contributed by atoms with van der Waals surface area (Å²) >= 11 is 0. The SMILES string of the molecule is C[C@@H](NC(=O)CCC(=O)O)C1=CCCCC1. The molecule has 0 fully saturated rings. The zero-order chi connectivity index (χ0) is 12.0.